The van der Waals surface area contributed by atoms with Gasteiger partial charge in [0.1, 0.15) is 17.4 Å². The molecule has 2 atom stereocenters. The van der Waals surface area contributed by atoms with Crippen molar-refractivity contribution in [2.75, 3.05) is 20.4 Å². The van der Waals surface area contributed by atoms with E-state index in [-0.39, 0.29) is 47.1 Å². The van der Waals surface area contributed by atoms with Crippen LogP contribution in [0.4, 0.5) is 22.4 Å². The maximum absolute atomic E-state index is 12.1. The summed E-state index contributed by atoms with van der Waals surface area (Å²) in [6.07, 6.45) is -6.09. The van der Waals surface area contributed by atoms with E-state index in [1.165, 1.54) is 0 Å². The predicted octanol–water partition coefficient (Wildman–Crippen LogP) is 5.02. The minimum Gasteiger partial charge on any atom is -0.464 e. The van der Waals surface area contributed by atoms with Crippen LogP contribution in [-0.2, 0) is 56.9 Å². The molecule has 15 heteroatoms. The minimum atomic E-state index is -2.89. The molecule has 0 fully saturated rings. The van der Waals surface area contributed by atoms with Crippen LogP contribution >= 0.6 is 7.37 Å². The van der Waals surface area contributed by atoms with Gasteiger partial charge in [0.2, 0.25) is 0 Å². The van der Waals surface area contributed by atoms with Gasteiger partial charge in [-0.15, -0.1) is 0 Å². The van der Waals surface area contributed by atoms with E-state index in [9.17, 15) is 31.7 Å². The topological polar surface area (TPSA) is 111 Å². The first-order valence-electron chi connectivity index (χ1n) is 8.99. The third kappa shape index (κ3) is 33.5. The van der Waals surface area contributed by atoms with E-state index in [1.807, 2.05) is 12.2 Å². The third-order valence-electron chi connectivity index (χ3n) is 2.55. The molecule has 0 aliphatic heterocycles. The van der Waals surface area contributed by atoms with Crippen molar-refractivity contribution in [1.82, 2.24) is 5.32 Å². The number of hydrogen-bond acceptors (Lipinski definition) is 7. The van der Waals surface area contributed by atoms with Crippen LogP contribution in [0.1, 0.15) is 41.5 Å². The summed E-state index contributed by atoms with van der Waals surface area (Å²) in [5.74, 6) is -1.07. The predicted molar refractivity (Wildman–Crippen MR) is 115 cm³/mol. The van der Waals surface area contributed by atoms with Crippen molar-refractivity contribution in [3.8, 4) is 0 Å². The van der Waals surface area contributed by atoms with E-state index in [0.29, 0.717) is 6.61 Å². The molecule has 0 aliphatic carbocycles. The number of aliphatic hydroxyl groups is 1. The monoisotopic (exact) mass is 615 g/mol. The summed E-state index contributed by atoms with van der Waals surface area (Å²) in [5, 5.41) is 9.78. The molecule has 0 aliphatic rings. The van der Waals surface area contributed by atoms with E-state index in [0.717, 1.165) is 14.0 Å². The molecular weight excluding hydrogens is 579 g/mol. The molecule has 0 aromatic rings. The van der Waals surface area contributed by atoms with Gasteiger partial charge in [-0.1, -0.05) is 0 Å². The fourth-order valence-corrected chi connectivity index (χ4v) is 1.80. The summed E-state index contributed by atoms with van der Waals surface area (Å²) >= 11 is 0. The van der Waals surface area contributed by atoms with Crippen LogP contribution in [0.25, 0.3) is 0 Å². The third-order valence-corrected chi connectivity index (χ3v) is 4.26. The molecule has 0 aromatic heterocycles. The molecular formula is C19H36Co2F4NO7P-2. The number of rotatable bonds is 7. The number of esters is 1. The van der Waals surface area contributed by atoms with Gasteiger partial charge in [0.25, 0.3) is 12.9 Å². The van der Waals surface area contributed by atoms with Crippen molar-refractivity contribution in [1.29, 1.82) is 0 Å². The fraction of sp³-hybridized carbons (Fsp3) is 0.684. The first kappa shape index (κ1) is 46.7. The van der Waals surface area contributed by atoms with E-state index < -0.39 is 49.7 Å². The molecule has 0 aromatic carbocycles. The summed E-state index contributed by atoms with van der Waals surface area (Å²) < 4.78 is 70.8. The average molecular weight is 615 g/mol. The van der Waals surface area contributed by atoms with Gasteiger partial charge in [-0.3, -0.25) is 5.32 Å². The Hall–Kier alpha value is -0.637. The number of amides is 1. The molecule has 0 saturated carbocycles. The van der Waals surface area contributed by atoms with E-state index >= 15 is 0 Å². The van der Waals surface area contributed by atoms with Crippen molar-refractivity contribution in [3.63, 3.8) is 0 Å². The number of aliphatic hydroxyl groups excluding tert-OH is 1. The molecule has 0 rings (SSSR count). The van der Waals surface area contributed by atoms with Crippen LogP contribution in [0, 0.1) is 13.6 Å². The van der Waals surface area contributed by atoms with Crippen LogP contribution in [0.15, 0.2) is 11.8 Å². The normalized spacial score (nSPS) is 13.1. The molecule has 0 heterocycles. The molecule has 0 bridgehead atoms. The second-order valence-electron chi connectivity index (χ2n) is 6.69. The Morgan fingerprint density at radius 2 is 1.59 bits per heavy atom. The molecule has 2 radical (unpaired) electrons. The van der Waals surface area contributed by atoms with Crippen LogP contribution < -0.4 is 5.32 Å². The molecule has 2 N–H and O–H groups in total. The Kier molecular flexibility index (Phi) is 33.0. The van der Waals surface area contributed by atoms with Crippen molar-refractivity contribution < 1.29 is 84.4 Å². The van der Waals surface area contributed by atoms with Crippen LogP contribution in [0.3, 0.4) is 0 Å². The molecule has 0 spiro atoms. The van der Waals surface area contributed by atoms with Crippen molar-refractivity contribution >= 4 is 19.4 Å². The largest absolute Gasteiger partial charge is 0.464 e. The zero-order chi connectivity index (χ0) is 25.4. The number of carbonyl (C=O) groups excluding carboxylic acids is 2. The van der Waals surface area contributed by atoms with E-state index in [2.05, 4.69) is 4.74 Å². The van der Waals surface area contributed by atoms with Gasteiger partial charge in [0.15, 0.2) is 0 Å². The smallest absolute Gasteiger partial charge is 0.412 e. The Bertz CT molecular complexity index is 600. The standard InChI is InChI=1S/C10H15F2NO4.C5H12O2P.C3H6F2O.CH3.2Co/c1-10(2,3)17-9(15)13-6(5-7(11)12)8(14)16-4;1-4-7-8(3,6)5-2;1-2(6)3(4)5;;;/h5,7H,1-4H3,(H,13,15);5H,4H2,1-3H3;2-3,6H,1H3;1H3;;/q;-1;;-1;;/b6-5-;;;;;. The number of ether oxygens (including phenoxy) is 2. The summed E-state index contributed by atoms with van der Waals surface area (Å²) in [6, 6.07) is 0. The number of allylic oxidation sites excluding steroid dienone is 1. The Morgan fingerprint density at radius 3 is 1.79 bits per heavy atom. The van der Waals surface area contributed by atoms with Gasteiger partial charge in [-0.2, -0.15) is 6.92 Å². The molecule has 1 amide bonds. The molecule has 0 saturated heterocycles. The quantitative estimate of drug-likeness (QED) is 0.136. The van der Waals surface area contributed by atoms with Crippen LogP contribution in [0.5, 0.6) is 0 Å². The van der Waals surface area contributed by atoms with Gasteiger partial charge < -0.3 is 31.1 Å². The van der Waals surface area contributed by atoms with Gasteiger partial charge >= 0.3 is 12.1 Å². The van der Waals surface area contributed by atoms with Gasteiger partial charge in [0.05, 0.1) is 14.5 Å². The van der Waals surface area contributed by atoms with Crippen LogP contribution in [-0.4, -0.2) is 62.1 Å². The fourth-order valence-electron chi connectivity index (χ4n) is 1.14. The number of carbonyl (C=O) groups is 2. The summed E-state index contributed by atoms with van der Waals surface area (Å²) in [5.41, 5.74) is -1.45. The molecule has 2 unspecified atom stereocenters. The second kappa shape index (κ2) is 24.1. The van der Waals surface area contributed by atoms with Crippen molar-refractivity contribution in [3.05, 3.63) is 25.4 Å². The first-order valence-corrected chi connectivity index (χ1v) is 11.1. The first-order chi connectivity index (χ1) is 13.9. The van der Waals surface area contributed by atoms with Gasteiger partial charge in [-0.05, 0) is 41.3 Å². The van der Waals surface area contributed by atoms with E-state index in [1.54, 1.807) is 40.5 Å². The van der Waals surface area contributed by atoms with Gasteiger partial charge in [0, 0.05) is 46.2 Å². The number of alkyl halides is 4. The van der Waals surface area contributed by atoms with Crippen molar-refractivity contribution in [2.45, 2.75) is 66.1 Å². The summed E-state index contributed by atoms with van der Waals surface area (Å²) in [4.78, 5) is 22.3. The number of methoxy groups -OCH3 is 1. The zero-order valence-electron chi connectivity index (χ0n) is 20.6. The SMILES string of the molecule is CC(O)C(F)F.COC(=O)/C(=C/C(F)F)NC(=O)OC(C)(C)C.C[CH-]P(C)(=O)OCC.[CH3-].[Co].[Co]. The second-order valence-corrected chi connectivity index (χ2v) is 9.29. The average Bonchev–Trinajstić information content (AvgIpc) is 2.59. The summed E-state index contributed by atoms with van der Waals surface area (Å²) in [6.45, 7) is 11.6. The number of halogens is 4. The zero-order valence-corrected chi connectivity index (χ0v) is 23.6. The van der Waals surface area contributed by atoms with Crippen LogP contribution in [0.2, 0.25) is 0 Å². The maximum Gasteiger partial charge on any atom is 0.412 e. The molecule has 212 valence electrons. The molecule has 34 heavy (non-hydrogen) atoms. The van der Waals surface area contributed by atoms with Crippen molar-refractivity contribution in [2.24, 2.45) is 0 Å². The molecule has 8 nitrogen and oxygen atoms in total. The number of hydrogen-bond donors (Lipinski definition) is 2. The maximum atomic E-state index is 12.1. The minimum absolute atomic E-state index is 0. The number of nitrogens with one attached hydrogen (secondary N) is 1. The Morgan fingerprint density at radius 1 is 1.18 bits per heavy atom. The van der Waals surface area contributed by atoms with Gasteiger partial charge in [-0.25, -0.2) is 33.3 Å². The summed E-state index contributed by atoms with van der Waals surface area (Å²) in [7, 11) is -1.29. The van der Waals surface area contributed by atoms with E-state index in [4.69, 9.17) is 14.4 Å². The Balaban J connectivity index is -0.0000000972. The Labute approximate surface area is 220 Å². The number of alkyl carbamates (subject to hydrolysis) is 1.